The third-order valence-electron chi connectivity index (χ3n) is 3.42. The van der Waals surface area contributed by atoms with Crippen molar-refractivity contribution >= 4 is 44.0 Å². The molecule has 10 heteroatoms. The van der Waals surface area contributed by atoms with Crippen molar-refractivity contribution in [1.82, 2.24) is 9.62 Å². The van der Waals surface area contributed by atoms with Gasteiger partial charge >= 0.3 is 0 Å². The Morgan fingerprint density at radius 3 is 2.64 bits per heavy atom. The molecule has 124 valence electrons. The molecule has 1 aliphatic rings. The van der Waals surface area contributed by atoms with Crippen LogP contribution in [-0.2, 0) is 10.0 Å². The molecular formula is C12H17BrClN3O4S. The lowest BCUT2D eigenvalue weighted by Gasteiger charge is -2.20. The van der Waals surface area contributed by atoms with E-state index in [4.69, 9.17) is 0 Å². The molecule has 0 bridgehead atoms. The average molecular weight is 415 g/mol. The number of hydrogen-bond donors (Lipinski definition) is 1. The normalized spacial score (nSPS) is 16.6. The third-order valence-corrected chi connectivity index (χ3v) is 6.12. The molecular weight excluding hydrogens is 398 g/mol. The van der Waals surface area contributed by atoms with E-state index in [1.165, 1.54) is 10.4 Å². The fourth-order valence-corrected chi connectivity index (χ4v) is 4.32. The van der Waals surface area contributed by atoms with E-state index in [9.17, 15) is 18.5 Å². The number of nitrogens with one attached hydrogen (secondary N) is 1. The zero-order chi connectivity index (χ0) is 15.6. The highest BCUT2D eigenvalue weighted by Gasteiger charge is 2.28. The van der Waals surface area contributed by atoms with Crippen molar-refractivity contribution in [3.05, 3.63) is 32.3 Å². The van der Waals surface area contributed by atoms with Gasteiger partial charge in [-0.25, -0.2) is 8.42 Å². The molecule has 2 rings (SSSR count). The highest BCUT2D eigenvalue weighted by atomic mass is 79.9. The Balaban J connectivity index is 0.00000242. The molecule has 1 aromatic carbocycles. The minimum atomic E-state index is -3.72. The Kier molecular flexibility index (Phi) is 6.75. The van der Waals surface area contributed by atoms with E-state index in [-0.39, 0.29) is 23.0 Å². The first kappa shape index (κ1) is 19.3. The summed E-state index contributed by atoms with van der Waals surface area (Å²) < 4.78 is 27.1. The molecule has 1 fully saturated rings. The van der Waals surface area contributed by atoms with Gasteiger partial charge in [-0.05, 0) is 26.0 Å². The molecule has 1 aromatic rings. The number of sulfonamides is 1. The van der Waals surface area contributed by atoms with Crippen LogP contribution in [0.15, 0.2) is 21.5 Å². The Bertz CT molecular complexity index is 661. The van der Waals surface area contributed by atoms with Crippen molar-refractivity contribution in [2.45, 2.75) is 18.2 Å². The zero-order valence-electron chi connectivity index (χ0n) is 11.9. The molecule has 1 aliphatic heterocycles. The Morgan fingerprint density at radius 2 is 2.00 bits per heavy atom. The first-order valence-corrected chi connectivity index (χ1v) is 8.73. The summed E-state index contributed by atoms with van der Waals surface area (Å²) in [5.74, 6) is 0. The second-order valence-corrected chi connectivity index (χ2v) is 7.61. The fraction of sp³-hybridized carbons (Fsp3) is 0.500. The van der Waals surface area contributed by atoms with Crippen molar-refractivity contribution in [2.24, 2.45) is 0 Å². The minimum Gasteiger partial charge on any atom is -0.315 e. The highest BCUT2D eigenvalue weighted by Crippen LogP contribution is 2.31. The van der Waals surface area contributed by atoms with Crippen LogP contribution >= 0.6 is 28.3 Å². The summed E-state index contributed by atoms with van der Waals surface area (Å²) in [5, 5.41) is 14.2. The van der Waals surface area contributed by atoms with Crippen molar-refractivity contribution in [3.63, 3.8) is 0 Å². The molecule has 0 spiro atoms. The first-order chi connectivity index (χ1) is 9.84. The van der Waals surface area contributed by atoms with E-state index < -0.39 is 14.9 Å². The summed E-state index contributed by atoms with van der Waals surface area (Å²) in [6, 6.07) is 2.56. The van der Waals surface area contributed by atoms with Crippen LogP contribution in [0.4, 0.5) is 5.69 Å². The second kappa shape index (κ2) is 7.69. The number of rotatable bonds is 3. The lowest BCUT2D eigenvalue weighted by Crippen LogP contribution is -2.34. The van der Waals surface area contributed by atoms with Crippen LogP contribution in [0, 0.1) is 17.0 Å². The van der Waals surface area contributed by atoms with Gasteiger partial charge in [0.25, 0.3) is 5.69 Å². The Labute approximate surface area is 143 Å². The topological polar surface area (TPSA) is 92.6 Å². The van der Waals surface area contributed by atoms with E-state index >= 15 is 0 Å². The van der Waals surface area contributed by atoms with E-state index in [0.717, 1.165) is 12.6 Å². The second-order valence-electron chi connectivity index (χ2n) is 4.81. The molecule has 0 aliphatic carbocycles. The van der Waals surface area contributed by atoms with Crippen LogP contribution < -0.4 is 5.32 Å². The minimum absolute atomic E-state index is 0. The molecule has 1 N–H and O–H groups in total. The molecule has 0 unspecified atom stereocenters. The van der Waals surface area contributed by atoms with E-state index in [0.29, 0.717) is 36.1 Å². The lowest BCUT2D eigenvalue weighted by molar-refractivity contribution is -0.385. The van der Waals surface area contributed by atoms with E-state index in [1.54, 1.807) is 6.92 Å². The van der Waals surface area contributed by atoms with Gasteiger partial charge in [0.05, 0.1) is 9.82 Å². The molecule has 22 heavy (non-hydrogen) atoms. The molecule has 7 nitrogen and oxygen atoms in total. The van der Waals surface area contributed by atoms with Crippen molar-refractivity contribution < 1.29 is 13.3 Å². The van der Waals surface area contributed by atoms with Crippen molar-refractivity contribution in [3.8, 4) is 0 Å². The van der Waals surface area contributed by atoms with Gasteiger partial charge in [0, 0.05) is 35.7 Å². The predicted molar refractivity (Wildman–Crippen MR) is 89.0 cm³/mol. The van der Waals surface area contributed by atoms with Gasteiger partial charge in [0.1, 0.15) is 0 Å². The summed E-state index contributed by atoms with van der Waals surface area (Å²) in [5.41, 5.74) is 0.215. The van der Waals surface area contributed by atoms with Gasteiger partial charge in [-0.2, -0.15) is 4.31 Å². The van der Waals surface area contributed by atoms with E-state index in [1.807, 2.05) is 0 Å². The summed E-state index contributed by atoms with van der Waals surface area (Å²) >= 11 is 3.20. The van der Waals surface area contributed by atoms with Crippen molar-refractivity contribution in [1.29, 1.82) is 0 Å². The predicted octanol–water partition coefficient (Wildman–Crippen LogP) is 2.07. The number of benzene rings is 1. The van der Waals surface area contributed by atoms with Gasteiger partial charge in [-0.3, -0.25) is 10.1 Å². The van der Waals surface area contributed by atoms with E-state index in [2.05, 4.69) is 21.2 Å². The summed E-state index contributed by atoms with van der Waals surface area (Å²) in [4.78, 5) is 10.4. The molecule has 0 saturated carbocycles. The number of halogens is 2. The van der Waals surface area contributed by atoms with Crippen LogP contribution in [0.25, 0.3) is 0 Å². The molecule has 0 amide bonds. The zero-order valence-corrected chi connectivity index (χ0v) is 15.1. The molecule has 1 saturated heterocycles. The number of nitro groups is 1. The monoisotopic (exact) mass is 413 g/mol. The maximum absolute atomic E-state index is 12.6. The third kappa shape index (κ3) is 3.96. The lowest BCUT2D eigenvalue weighted by atomic mass is 10.2. The number of nitrogens with zero attached hydrogens (tertiary/aromatic N) is 2. The van der Waals surface area contributed by atoms with Gasteiger partial charge < -0.3 is 5.32 Å². The van der Waals surface area contributed by atoms with Crippen LogP contribution in [0.3, 0.4) is 0 Å². The standard InChI is InChI=1S/C12H16BrN3O4S.ClH/c1-9-11(13)7-10(8-12(9)16(17)18)21(19,20)15-5-2-3-14-4-6-15;/h7-8,14H,2-6H2,1H3;1H. The highest BCUT2D eigenvalue weighted by molar-refractivity contribution is 9.10. The Hall–Kier alpha value is -0.740. The summed E-state index contributed by atoms with van der Waals surface area (Å²) in [6.45, 7) is 3.70. The summed E-state index contributed by atoms with van der Waals surface area (Å²) in [7, 11) is -3.72. The van der Waals surface area contributed by atoms with Gasteiger partial charge in [0.15, 0.2) is 0 Å². The van der Waals surface area contributed by atoms with Crippen LogP contribution in [0.2, 0.25) is 0 Å². The molecule has 1 heterocycles. The molecule has 0 atom stereocenters. The molecule has 0 radical (unpaired) electrons. The van der Waals surface area contributed by atoms with Crippen molar-refractivity contribution in [2.75, 3.05) is 26.2 Å². The largest absolute Gasteiger partial charge is 0.315 e. The van der Waals surface area contributed by atoms with Crippen LogP contribution in [0.5, 0.6) is 0 Å². The quantitative estimate of drug-likeness (QED) is 0.604. The Morgan fingerprint density at radius 1 is 1.32 bits per heavy atom. The van der Waals surface area contributed by atoms with Gasteiger partial charge in [-0.1, -0.05) is 15.9 Å². The summed E-state index contributed by atoms with van der Waals surface area (Å²) in [6.07, 6.45) is 0.717. The maximum atomic E-state index is 12.6. The average Bonchev–Trinajstić information content (AvgIpc) is 2.70. The maximum Gasteiger partial charge on any atom is 0.274 e. The van der Waals surface area contributed by atoms with Gasteiger partial charge in [-0.15, -0.1) is 12.4 Å². The fourth-order valence-electron chi connectivity index (χ4n) is 2.19. The SMILES string of the molecule is Cc1c(Br)cc(S(=O)(=O)N2CCCNCC2)cc1[N+](=O)[O-].Cl. The van der Waals surface area contributed by atoms with Gasteiger partial charge in [0.2, 0.25) is 10.0 Å². The molecule has 0 aromatic heterocycles. The smallest absolute Gasteiger partial charge is 0.274 e. The first-order valence-electron chi connectivity index (χ1n) is 6.49. The van der Waals surface area contributed by atoms with Crippen LogP contribution in [0.1, 0.15) is 12.0 Å². The van der Waals surface area contributed by atoms with Crippen LogP contribution in [-0.4, -0.2) is 43.8 Å². The number of nitro benzene ring substituents is 1. The number of hydrogen-bond acceptors (Lipinski definition) is 5.